The molecule has 5 nitrogen and oxygen atoms in total. The molecule has 1 aromatic carbocycles. The predicted molar refractivity (Wildman–Crippen MR) is 75.2 cm³/mol. The summed E-state index contributed by atoms with van der Waals surface area (Å²) in [6.07, 6.45) is -0.115. The van der Waals surface area contributed by atoms with Crippen molar-refractivity contribution >= 4 is 10.0 Å². The van der Waals surface area contributed by atoms with E-state index in [1.807, 2.05) is 6.92 Å². The highest BCUT2D eigenvalue weighted by molar-refractivity contribution is 7.89. The van der Waals surface area contributed by atoms with Gasteiger partial charge in [0.2, 0.25) is 10.0 Å². The lowest BCUT2D eigenvalue weighted by Gasteiger charge is -2.18. The molecule has 19 heavy (non-hydrogen) atoms. The van der Waals surface area contributed by atoms with Crippen molar-refractivity contribution < 1.29 is 13.5 Å². The first-order chi connectivity index (χ1) is 8.75. The van der Waals surface area contributed by atoms with Crippen LogP contribution < -0.4 is 5.73 Å². The SMILES string of the molecule is CC(O)CCN(C)S(=O)(=O)c1cccc(C(C)N)c1. The molecule has 0 bridgehead atoms. The third-order valence-electron chi connectivity index (χ3n) is 2.95. The first-order valence-corrected chi connectivity index (χ1v) is 7.69. The molecule has 1 rings (SSSR count). The van der Waals surface area contributed by atoms with E-state index in [4.69, 9.17) is 5.73 Å². The number of sulfonamides is 1. The Morgan fingerprint density at radius 1 is 1.37 bits per heavy atom. The van der Waals surface area contributed by atoms with Gasteiger partial charge in [-0.2, -0.15) is 0 Å². The van der Waals surface area contributed by atoms with Gasteiger partial charge in [0.15, 0.2) is 0 Å². The zero-order chi connectivity index (χ0) is 14.6. The second-order valence-corrected chi connectivity index (χ2v) is 6.87. The Labute approximate surface area is 115 Å². The van der Waals surface area contributed by atoms with Gasteiger partial charge < -0.3 is 10.8 Å². The summed E-state index contributed by atoms with van der Waals surface area (Å²) in [6.45, 7) is 3.72. The molecule has 0 aromatic heterocycles. The Balaban J connectivity index is 2.96. The van der Waals surface area contributed by atoms with Gasteiger partial charge in [-0.25, -0.2) is 12.7 Å². The van der Waals surface area contributed by atoms with Gasteiger partial charge in [-0.15, -0.1) is 0 Å². The first-order valence-electron chi connectivity index (χ1n) is 6.25. The highest BCUT2D eigenvalue weighted by Gasteiger charge is 2.21. The first kappa shape index (κ1) is 16.1. The Morgan fingerprint density at radius 3 is 2.53 bits per heavy atom. The van der Waals surface area contributed by atoms with Crippen LogP contribution in [0, 0.1) is 0 Å². The van der Waals surface area contributed by atoms with Crippen molar-refractivity contribution in [1.29, 1.82) is 0 Å². The fraction of sp³-hybridized carbons (Fsp3) is 0.538. The number of hydrogen-bond donors (Lipinski definition) is 2. The highest BCUT2D eigenvalue weighted by atomic mass is 32.2. The summed E-state index contributed by atoms with van der Waals surface area (Å²) in [5, 5.41) is 9.22. The van der Waals surface area contributed by atoms with Gasteiger partial charge in [0, 0.05) is 19.6 Å². The van der Waals surface area contributed by atoms with Crippen molar-refractivity contribution in [2.24, 2.45) is 5.73 Å². The van der Waals surface area contributed by atoms with Crippen LogP contribution in [-0.2, 0) is 10.0 Å². The molecule has 0 aliphatic carbocycles. The molecule has 6 heteroatoms. The normalized spacial score (nSPS) is 15.5. The van der Waals surface area contributed by atoms with E-state index in [0.29, 0.717) is 6.42 Å². The zero-order valence-corrected chi connectivity index (χ0v) is 12.4. The van der Waals surface area contributed by atoms with E-state index < -0.39 is 16.1 Å². The summed E-state index contributed by atoms with van der Waals surface area (Å²) in [5.74, 6) is 0. The van der Waals surface area contributed by atoms with Gasteiger partial charge in [0.1, 0.15) is 0 Å². The highest BCUT2D eigenvalue weighted by Crippen LogP contribution is 2.19. The standard InChI is InChI=1S/C13H22N2O3S/c1-10(16)7-8-15(3)19(17,18)13-6-4-5-12(9-13)11(2)14/h4-6,9-11,16H,7-8,14H2,1-3H3. The fourth-order valence-electron chi connectivity index (χ4n) is 1.63. The number of rotatable bonds is 6. The van der Waals surface area contributed by atoms with E-state index in [1.165, 1.54) is 11.4 Å². The summed E-state index contributed by atoms with van der Waals surface area (Å²) in [7, 11) is -2.01. The minimum atomic E-state index is -3.52. The second kappa shape index (κ2) is 6.47. The third kappa shape index (κ3) is 4.28. The molecule has 108 valence electrons. The summed E-state index contributed by atoms with van der Waals surface area (Å²) in [6, 6.07) is 6.44. The third-order valence-corrected chi connectivity index (χ3v) is 4.81. The quantitative estimate of drug-likeness (QED) is 0.820. The smallest absolute Gasteiger partial charge is 0.242 e. The van der Waals surface area contributed by atoms with Gasteiger partial charge in [0.25, 0.3) is 0 Å². The lowest BCUT2D eigenvalue weighted by Crippen LogP contribution is -2.29. The van der Waals surface area contributed by atoms with E-state index in [9.17, 15) is 13.5 Å². The topological polar surface area (TPSA) is 83.6 Å². The lowest BCUT2D eigenvalue weighted by atomic mass is 10.1. The summed E-state index contributed by atoms with van der Waals surface area (Å²) in [4.78, 5) is 0.232. The molecular weight excluding hydrogens is 264 g/mol. The van der Waals surface area contributed by atoms with Crippen LogP contribution >= 0.6 is 0 Å². The Kier molecular flexibility index (Phi) is 5.49. The van der Waals surface area contributed by atoms with E-state index in [1.54, 1.807) is 31.2 Å². The molecule has 1 aromatic rings. The molecule has 0 heterocycles. The number of benzene rings is 1. The second-order valence-electron chi connectivity index (χ2n) is 4.83. The fourth-order valence-corrected chi connectivity index (χ4v) is 2.87. The van der Waals surface area contributed by atoms with Crippen LogP contribution in [0.15, 0.2) is 29.2 Å². The molecule has 2 atom stereocenters. The largest absolute Gasteiger partial charge is 0.393 e. The number of aliphatic hydroxyl groups excluding tert-OH is 1. The maximum atomic E-state index is 12.3. The van der Waals surface area contributed by atoms with Crippen LogP contribution in [0.25, 0.3) is 0 Å². The van der Waals surface area contributed by atoms with E-state index >= 15 is 0 Å². The zero-order valence-electron chi connectivity index (χ0n) is 11.6. The Morgan fingerprint density at radius 2 is 2.00 bits per heavy atom. The molecule has 3 N–H and O–H groups in total. The number of nitrogens with zero attached hydrogens (tertiary/aromatic N) is 1. The monoisotopic (exact) mass is 286 g/mol. The van der Waals surface area contributed by atoms with Crippen LogP contribution in [0.3, 0.4) is 0 Å². The molecule has 0 fully saturated rings. The van der Waals surface area contributed by atoms with Crippen molar-refractivity contribution in [1.82, 2.24) is 4.31 Å². The number of hydrogen-bond acceptors (Lipinski definition) is 4. The number of aliphatic hydroxyl groups is 1. The predicted octanol–water partition coefficient (Wildman–Crippen LogP) is 1.10. The van der Waals surface area contributed by atoms with Crippen molar-refractivity contribution in [2.75, 3.05) is 13.6 Å². The van der Waals surface area contributed by atoms with E-state index in [2.05, 4.69) is 0 Å². The molecule has 0 aliphatic heterocycles. The molecule has 2 unspecified atom stereocenters. The molecular formula is C13H22N2O3S. The van der Waals surface area contributed by atoms with Gasteiger partial charge >= 0.3 is 0 Å². The minimum Gasteiger partial charge on any atom is -0.393 e. The van der Waals surface area contributed by atoms with Gasteiger partial charge in [0.05, 0.1) is 11.0 Å². The van der Waals surface area contributed by atoms with E-state index in [-0.39, 0.29) is 17.5 Å². The molecule has 0 aliphatic rings. The molecule has 0 amide bonds. The average molecular weight is 286 g/mol. The van der Waals surface area contributed by atoms with Crippen LogP contribution in [-0.4, -0.2) is 37.5 Å². The van der Waals surface area contributed by atoms with E-state index in [0.717, 1.165) is 5.56 Å². The number of nitrogens with two attached hydrogens (primary N) is 1. The van der Waals surface area contributed by atoms with Gasteiger partial charge in [-0.05, 0) is 38.0 Å². The summed E-state index contributed by atoms with van der Waals surface area (Å²) >= 11 is 0. The average Bonchev–Trinajstić information content (AvgIpc) is 2.35. The Bertz CT molecular complexity index is 512. The molecule has 0 saturated carbocycles. The molecule has 0 spiro atoms. The maximum Gasteiger partial charge on any atom is 0.242 e. The van der Waals surface area contributed by atoms with Gasteiger partial charge in [-0.3, -0.25) is 0 Å². The van der Waals surface area contributed by atoms with Crippen molar-refractivity contribution in [3.8, 4) is 0 Å². The maximum absolute atomic E-state index is 12.3. The lowest BCUT2D eigenvalue weighted by molar-refractivity contribution is 0.177. The van der Waals surface area contributed by atoms with Gasteiger partial charge in [-0.1, -0.05) is 12.1 Å². The van der Waals surface area contributed by atoms with Crippen LogP contribution in [0.1, 0.15) is 31.9 Å². The minimum absolute atomic E-state index is 0.210. The van der Waals surface area contributed by atoms with Crippen LogP contribution in [0.4, 0.5) is 0 Å². The molecule has 0 saturated heterocycles. The molecule has 0 radical (unpaired) electrons. The van der Waals surface area contributed by atoms with Crippen LogP contribution in [0.2, 0.25) is 0 Å². The Hall–Kier alpha value is -0.950. The van der Waals surface area contributed by atoms with Crippen molar-refractivity contribution in [3.63, 3.8) is 0 Å². The van der Waals surface area contributed by atoms with Crippen LogP contribution in [0.5, 0.6) is 0 Å². The summed E-state index contributed by atoms with van der Waals surface area (Å²) < 4.78 is 25.9. The summed E-state index contributed by atoms with van der Waals surface area (Å²) in [5.41, 5.74) is 6.54. The van der Waals surface area contributed by atoms with Crippen molar-refractivity contribution in [2.45, 2.75) is 37.3 Å². The van der Waals surface area contributed by atoms with Crippen molar-refractivity contribution in [3.05, 3.63) is 29.8 Å².